The van der Waals surface area contributed by atoms with Gasteiger partial charge < -0.3 is 20.5 Å². The molecular formula is C17H19N3O2. The van der Waals surface area contributed by atoms with Crippen molar-refractivity contribution in [2.24, 2.45) is 5.73 Å². The van der Waals surface area contributed by atoms with E-state index >= 15 is 0 Å². The van der Waals surface area contributed by atoms with Crippen LogP contribution in [0, 0.1) is 0 Å². The Morgan fingerprint density at radius 3 is 2.55 bits per heavy atom. The molecule has 1 aromatic heterocycles. The van der Waals surface area contributed by atoms with Gasteiger partial charge in [-0.05, 0) is 36.2 Å². The van der Waals surface area contributed by atoms with Crippen LogP contribution in [0.15, 0.2) is 48.5 Å². The molecule has 5 heteroatoms. The van der Waals surface area contributed by atoms with Crippen molar-refractivity contribution in [2.45, 2.75) is 19.0 Å². The number of nitrogens with zero attached hydrogens (tertiary/aromatic N) is 2. The summed E-state index contributed by atoms with van der Waals surface area (Å²) in [5.41, 5.74) is 9.23. The van der Waals surface area contributed by atoms with E-state index in [2.05, 4.69) is 4.98 Å². The highest BCUT2D eigenvalue weighted by atomic mass is 16.3. The molecule has 0 fully saturated rings. The fraction of sp³-hybridized carbons (Fsp3) is 0.235. The first-order chi connectivity index (χ1) is 10.7. The molecule has 0 saturated heterocycles. The van der Waals surface area contributed by atoms with Gasteiger partial charge in [-0.2, -0.15) is 0 Å². The molecule has 0 amide bonds. The van der Waals surface area contributed by atoms with Crippen molar-refractivity contribution in [2.75, 3.05) is 6.61 Å². The number of hydrogen-bond donors (Lipinski definition) is 3. The molecule has 0 spiro atoms. The summed E-state index contributed by atoms with van der Waals surface area (Å²) in [6, 6.07) is 14.6. The monoisotopic (exact) mass is 297 g/mol. The van der Waals surface area contributed by atoms with Crippen LogP contribution in [0.3, 0.4) is 0 Å². The average Bonchev–Trinajstić information content (AvgIpc) is 2.89. The van der Waals surface area contributed by atoms with Crippen LogP contribution in [0.4, 0.5) is 0 Å². The molecule has 3 aromatic rings. The number of aromatic nitrogens is 2. The number of aliphatic hydroxyl groups excluding tert-OH is 1. The zero-order valence-electron chi connectivity index (χ0n) is 12.2. The van der Waals surface area contributed by atoms with E-state index in [-0.39, 0.29) is 18.4 Å². The van der Waals surface area contributed by atoms with E-state index in [0.717, 1.165) is 22.4 Å². The van der Waals surface area contributed by atoms with Crippen LogP contribution >= 0.6 is 0 Å². The van der Waals surface area contributed by atoms with Crippen LogP contribution in [0.25, 0.3) is 11.0 Å². The van der Waals surface area contributed by atoms with Crippen LogP contribution in [-0.2, 0) is 13.0 Å². The lowest BCUT2D eigenvalue weighted by molar-refractivity contribution is 0.275. The van der Waals surface area contributed by atoms with Crippen molar-refractivity contribution in [3.8, 4) is 5.75 Å². The summed E-state index contributed by atoms with van der Waals surface area (Å²) in [5, 5.41) is 18.6. The van der Waals surface area contributed by atoms with Crippen LogP contribution < -0.4 is 5.73 Å². The Bertz CT molecular complexity index is 765. The maximum absolute atomic E-state index is 9.34. The summed E-state index contributed by atoms with van der Waals surface area (Å²) in [4.78, 5) is 4.62. The Morgan fingerprint density at radius 2 is 1.82 bits per heavy atom. The minimum Gasteiger partial charge on any atom is -0.508 e. The number of hydrogen-bond acceptors (Lipinski definition) is 4. The lowest BCUT2D eigenvalue weighted by Crippen LogP contribution is -2.20. The summed E-state index contributed by atoms with van der Waals surface area (Å²) in [5.74, 6) is 1.01. The van der Waals surface area contributed by atoms with E-state index in [4.69, 9.17) is 5.73 Å². The number of fused-ring (bicyclic) bond motifs is 1. The van der Waals surface area contributed by atoms with Gasteiger partial charge in [0, 0.05) is 6.54 Å². The number of nitrogens with two attached hydrogens (primary N) is 1. The van der Waals surface area contributed by atoms with Gasteiger partial charge in [0.15, 0.2) is 0 Å². The summed E-state index contributed by atoms with van der Waals surface area (Å²) in [7, 11) is 0. The van der Waals surface area contributed by atoms with Crippen molar-refractivity contribution >= 4 is 11.0 Å². The van der Waals surface area contributed by atoms with E-state index in [0.29, 0.717) is 13.0 Å². The highest BCUT2D eigenvalue weighted by Crippen LogP contribution is 2.22. The number of aromatic hydroxyl groups is 1. The fourth-order valence-electron chi connectivity index (χ4n) is 2.69. The van der Waals surface area contributed by atoms with E-state index in [1.807, 2.05) is 41.0 Å². The molecule has 0 aliphatic rings. The molecule has 22 heavy (non-hydrogen) atoms. The number of para-hydroxylation sites is 2. The Labute approximate surface area is 128 Å². The van der Waals surface area contributed by atoms with Gasteiger partial charge in [0.25, 0.3) is 0 Å². The van der Waals surface area contributed by atoms with Crippen LogP contribution in [0.1, 0.15) is 17.4 Å². The molecule has 2 aromatic carbocycles. The van der Waals surface area contributed by atoms with Gasteiger partial charge in [0.05, 0.1) is 23.7 Å². The third kappa shape index (κ3) is 2.81. The molecule has 1 unspecified atom stereocenters. The molecule has 3 rings (SSSR count). The summed E-state index contributed by atoms with van der Waals surface area (Å²) in [6.45, 7) is 0.512. The van der Waals surface area contributed by atoms with Crippen molar-refractivity contribution in [3.05, 3.63) is 59.9 Å². The van der Waals surface area contributed by atoms with Gasteiger partial charge >= 0.3 is 0 Å². The lowest BCUT2D eigenvalue weighted by Gasteiger charge is -2.14. The van der Waals surface area contributed by atoms with Crippen molar-refractivity contribution < 1.29 is 10.2 Å². The predicted octanol–water partition coefficient (Wildman–Crippen LogP) is 1.98. The molecule has 1 heterocycles. The number of phenolic OH excluding ortho intramolecular Hbond substituents is 1. The first-order valence-electron chi connectivity index (χ1n) is 7.28. The molecule has 1 atom stereocenters. The second-order valence-corrected chi connectivity index (χ2v) is 5.31. The first kappa shape index (κ1) is 14.6. The second kappa shape index (κ2) is 6.17. The third-order valence-electron chi connectivity index (χ3n) is 3.73. The van der Waals surface area contributed by atoms with Gasteiger partial charge in [0.1, 0.15) is 11.6 Å². The highest BCUT2D eigenvalue weighted by molar-refractivity contribution is 5.76. The Kier molecular flexibility index (Phi) is 4.09. The number of rotatable bonds is 5. The SMILES string of the molecule is NC(Cc1ccc(O)cc1)c1nc2ccccc2n1CCO. The predicted molar refractivity (Wildman–Crippen MR) is 85.6 cm³/mol. The third-order valence-corrected chi connectivity index (χ3v) is 3.73. The summed E-state index contributed by atoms with van der Waals surface area (Å²) >= 11 is 0. The van der Waals surface area contributed by atoms with E-state index in [9.17, 15) is 10.2 Å². The number of phenols is 1. The van der Waals surface area contributed by atoms with Gasteiger partial charge in [-0.3, -0.25) is 0 Å². The summed E-state index contributed by atoms with van der Waals surface area (Å²) in [6.07, 6.45) is 0.620. The highest BCUT2D eigenvalue weighted by Gasteiger charge is 2.17. The van der Waals surface area contributed by atoms with E-state index < -0.39 is 0 Å². The number of imidazole rings is 1. The zero-order chi connectivity index (χ0) is 15.5. The van der Waals surface area contributed by atoms with Crippen LogP contribution in [0.5, 0.6) is 5.75 Å². The van der Waals surface area contributed by atoms with Crippen molar-refractivity contribution in [1.82, 2.24) is 9.55 Å². The minimum atomic E-state index is -0.275. The number of aliphatic hydroxyl groups is 1. The van der Waals surface area contributed by atoms with Crippen LogP contribution in [-0.4, -0.2) is 26.4 Å². The molecule has 5 nitrogen and oxygen atoms in total. The van der Waals surface area contributed by atoms with Gasteiger partial charge in [0.2, 0.25) is 0 Å². The molecule has 114 valence electrons. The topological polar surface area (TPSA) is 84.3 Å². The lowest BCUT2D eigenvalue weighted by atomic mass is 10.1. The maximum Gasteiger partial charge on any atom is 0.127 e. The number of benzene rings is 2. The fourth-order valence-corrected chi connectivity index (χ4v) is 2.69. The molecule has 0 radical (unpaired) electrons. The molecule has 4 N–H and O–H groups in total. The Hall–Kier alpha value is -2.37. The van der Waals surface area contributed by atoms with Gasteiger partial charge in [-0.25, -0.2) is 4.98 Å². The Morgan fingerprint density at radius 1 is 1.09 bits per heavy atom. The molecule has 0 aliphatic carbocycles. The zero-order valence-corrected chi connectivity index (χ0v) is 12.2. The standard InChI is InChI=1S/C17H19N3O2/c18-14(11-12-5-7-13(22)8-6-12)17-19-15-3-1-2-4-16(15)20(17)9-10-21/h1-8,14,21-22H,9-11,18H2. The van der Waals surface area contributed by atoms with Crippen LogP contribution in [0.2, 0.25) is 0 Å². The first-order valence-corrected chi connectivity index (χ1v) is 7.28. The Balaban J connectivity index is 1.94. The smallest absolute Gasteiger partial charge is 0.127 e. The molecular weight excluding hydrogens is 278 g/mol. The summed E-state index contributed by atoms with van der Waals surface area (Å²) < 4.78 is 1.97. The van der Waals surface area contributed by atoms with Crippen molar-refractivity contribution in [1.29, 1.82) is 0 Å². The minimum absolute atomic E-state index is 0.0410. The largest absolute Gasteiger partial charge is 0.508 e. The van der Waals surface area contributed by atoms with Crippen molar-refractivity contribution in [3.63, 3.8) is 0 Å². The van der Waals surface area contributed by atoms with E-state index in [1.165, 1.54) is 0 Å². The quantitative estimate of drug-likeness (QED) is 0.672. The molecule has 0 bridgehead atoms. The molecule has 0 saturated carbocycles. The van der Waals surface area contributed by atoms with E-state index in [1.54, 1.807) is 12.1 Å². The normalized spacial score (nSPS) is 12.6. The van der Waals surface area contributed by atoms with Gasteiger partial charge in [-0.15, -0.1) is 0 Å². The van der Waals surface area contributed by atoms with Gasteiger partial charge in [-0.1, -0.05) is 24.3 Å². The second-order valence-electron chi connectivity index (χ2n) is 5.31. The average molecular weight is 297 g/mol. The molecule has 0 aliphatic heterocycles. The maximum atomic E-state index is 9.34.